The normalized spacial score (nSPS) is 22.7. The molecule has 0 aliphatic carbocycles. The Kier molecular flexibility index (Phi) is 8.63. The summed E-state index contributed by atoms with van der Waals surface area (Å²) < 4.78 is 0. The summed E-state index contributed by atoms with van der Waals surface area (Å²) in [6.07, 6.45) is 1.02. The summed E-state index contributed by atoms with van der Waals surface area (Å²) >= 11 is 0. The van der Waals surface area contributed by atoms with Gasteiger partial charge in [0.25, 0.3) is 0 Å². The molecular formula is C18H36ClN5O2. The predicted molar refractivity (Wildman–Crippen MR) is 107 cm³/mol. The van der Waals surface area contributed by atoms with E-state index < -0.39 is 6.04 Å². The van der Waals surface area contributed by atoms with Crippen molar-refractivity contribution in [3.05, 3.63) is 0 Å². The molecule has 2 aliphatic rings. The van der Waals surface area contributed by atoms with Gasteiger partial charge < -0.3 is 20.9 Å². The Labute approximate surface area is 164 Å². The van der Waals surface area contributed by atoms with Crippen LogP contribution in [0.1, 0.15) is 41.0 Å². The highest BCUT2D eigenvalue weighted by Crippen LogP contribution is 2.18. The maximum atomic E-state index is 13.0. The van der Waals surface area contributed by atoms with Crippen LogP contribution >= 0.6 is 12.4 Å². The second kappa shape index (κ2) is 9.76. The molecule has 0 saturated carbocycles. The Morgan fingerprint density at radius 3 is 2.27 bits per heavy atom. The van der Waals surface area contributed by atoms with E-state index in [9.17, 15) is 9.59 Å². The fourth-order valence-electron chi connectivity index (χ4n) is 3.52. The van der Waals surface area contributed by atoms with E-state index in [1.54, 1.807) is 0 Å². The minimum atomic E-state index is -0.482. The fraction of sp³-hybridized carbons (Fsp3) is 0.889. The third-order valence-corrected chi connectivity index (χ3v) is 4.85. The van der Waals surface area contributed by atoms with E-state index in [-0.39, 0.29) is 35.8 Å². The number of carbonyl (C=O) groups excluding carboxylic acids is 2. The zero-order chi connectivity index (χ0) is 18.6. The van der Waals surface area contributed by atoms with Crippen molar-refractivity contribution in [1.29, 1.82) is 0 Å². The van der Waals surface area contributed by atoms with E-state index in [0.717, 1.165) is 45.7 Å². The molecule has 3 amide bonds. The van der Waals surface area contributed by atoms with Crippen LogP contribution in [0.4, 0.5) is 4.79 Å². The number of urea groups is 1. The number of hydrogen-bond acceptors (Lipinski definition) is 4. The lowest BCUT2D eigenvalue weighted by Crippen LogP contribution is -2.56. The molecule has 2 atom stereocenters. The summed E-state index contributed by atoms with van der Waals surface area (Å²) in [5, 5.41) is 9.12. The molecule has 2 rings (SSSR count). The molecule has 1 unspecified atom stereocenters. The number of rotatable bonds is 4. The first-order valence-electron chi connectivity index (χ1n) is 9.49. The second-order valence-corrected chi connectivity index (χ2v) is 8.58. The summed E-state index contributed by atoms with van der Waals surface area (Å²) in [4.78, 5) is 29.6. The van der Waals surface area contributed by atoms with Crippen LogP contribution in [0, 0.1) is 5.92 Å². The van der Waals surface area contributed by atoms with Crippen LogP contribution in [-0.4, -0.2) is 78.6 Å². The van der Waals surface area contributed by atoms with Crippen molar-refractivity contribution >= 4 is 24.3 Å². The summed E-state index contributed by atoms with van der Waals surface area (Å²) in [6, 6.07) is -0.316. The molecule has 0 aromatic heterocycles. The lowest BCUT2D eigenvalue weighted by molar-refractivity contribution is -0.133. The van der Waals surface area contributed by atoms with E-state index >= 15 is 0 Å². The first-order valence-corrected chi connectivity index (χ1v) is 9.49. The fourth-order valence-corrected chi connectivity index (χ4v) is 3.52. The molecule has 0 bridgehead atoms. The predicted octanol–water partition coefficient (Wildman–Crippen LogP) is 1.04. The minimum absolute atomic E-state index is 0. The Morgan fingerprint density at radius 2 is 1.73 bits per heavy atom. The number of piperazine rings is 1. The number of nitrogens with one attached hydrogen (secondary N) is 3. The summed E-state index contributed by atoms with van der Waals surface area (Å²) in [5.41, 5.74) is -0.324. The number of likely N-dealkylation sites (tertiary alicyclic amines) is 1. The number of carbonyl (C=O) groups is 2. The topological polar surface area (TPSA) is 76.7 Å². The number of amides is 3. The average Bonchev–Trinajstić information content (AvgIpc) is 3.01. The second-order valence-electron chi connectivity index (χ2n) is 8.58. The molecule has 0 aromatic carbocycles. The van der Waals surface area contributed by atoms with Crippen molar-refractivity contribution in [2.24, 2.45) is 5.92 Å². The van der Waals surface area contributed by atoms with E-state index in [0.29, 0.717) is 6.04 Å². The molecule has 7 nitrogen and oxygen atoms in total. The Bertz CT molecular complexity index is 475. The van der Waals surface area contributed by atoms with Gasteiger partial charge in [0.1, 0.15) is 6.04 Å². The first kappa shape index (κ1) is 23.0. The van der Waals surface area contributed by atoms with Crippen LogP contribution < -0.4 is 16.0 Å². The highest BCUT2D eigenvalue weighted by molar-refractivity contribution is 5.87. The van der Waals surface area contributed by atoms with Gasteiger partial charge in [-0.3, -0.25) is 9.69 Å². The Balaban J connectivity index is 0.00000338. The van der Waals surface area contributed by atoms with Crippen molar-refractivity contribution in [2.45, 2.75) is 58.7 Å². The van der Waals surface area contributed by atoms with Gasteiger partial charge in [0.15, 0.2) is 0 Å². The van der Waals surface area contributed by atoms with Gasteiger partial charge in [0.05, 0.1) is 0 Å². The molecule has 0 radical (unpaired) electrons. The van der Waals surface area contributed by atoms with Crippen LogP contribution in [0.25, 0.3) is 0 Å². The van der Waals surface area contributed by atoms with Gasteiger partial charge in [-0.25, -0.2) is 4.79 Å². The molecule has 0 spiro atoms. The molecule has 3 N–H and O–H groups in total. The van der Waals surface area contributed by atoms with Crippen molar-refractivity contribution in [3.63, 3.8) is 0 Å². The lowest BCUT2D eigenvalue weighted by Gasteiger charge is -2.33. The standard InChI is InChI=1S/C18H35N5O2.ClH/c1-13(2)15(20-17(25)21-18(3,4)5)16(24)23-9-6-14(12-23)22-10-7-19-8-11-22;/h13-15,19H,6-12H2,1-5H3,(H2,20,21,25);1H/t14?,15-;/m0./s1. The van der Waals surface area contributed by atoms with Gasteiger partial charge >= 0.3 is 6.03 Å². The first-order chi connectivity index (χ1) is 11.7. The molecule has 2 fully saturated rings. The highest BCUT2D eigenvalue weighted by atomic mass is 35.5. The van der Waals surface area contributed by atoms with Crippen LogP contribution in [-0.2, 0) is 4.79 Å². The average molecular weight is 390 g/mol. The largest absolute Gasteiger partial charge is 0.339 e. The SMILES string of the molecule is CC(C)[C@H](NC(=O)NC(C)(C)C)C(=O)N1CCC(N2CCNCC2)C1.Cl. The van der Waals surface area contributed by atoms with Crippen molar-refractivity contribution in [1.82, 2.24) is 25.8 Å². The molecule has 2 aliphatic heterocycles. The zero-order valence-corrected chi connectivity index (χ0v) is 17.6. The summed E-state index contributed by atoms with van der Waals surface area (Å²) in [5.74, 6) is 0.0909. The molecule has 2 saturated heterocycles. The maximum Gasteiger partial charge on any atom is 0.315 e. The van der Waals surface area contributed by atoms with Gasteiger partial charge in [0, 0.05) is 50.8 Å². The Morgan fingerprint density at radius 1 is 1.12 bits per heavy atom. The third-order valence-electron chi connectivity index (χ3n) is 4.85. The minimum Gasteiger partial charge on any atom is -0.339 e. The monoisotopic (exact) mass is 389 g/mol. The lowest BCUT2D eigenvalue weighted by atomic mass is 10.0. The van der Waals surface area contributed by atoms with E-state index in [4.69, 9.17) is 0 Å². The molecule has 26 heavy (non-hydrogen) atoms. The van der Waals surface area contributed by atoms with E-state index in [1.807, 2.05) is 39.5 Å². The number of halogens is 1. The van der Waals surface area contributed by atoms with E-state index in [2.05, 4.69) is 20.9 Å². The van der Waals surface area contributed by atoms with Crippen LogP contribution in [0.2, 0.25) is 0 Å². The number of hydrogen-bond donors (Lipinski definition) is 3. The van der Waals surface area contributed by atoms with Crippen LogP contribution in [0.3, 0.4) is 0 Å². The summed E-state index contributed by atoms with van der Waals surface area (Å²) in [6.45, 7) is 15.4. The van der Waals surface area contributed by atoms with Crippen molar-refractivity contribution in [2.75, 3.05) is 39.3 Å². The Hall–Kier alpha value is -1.05. The molecule has 8 heteroatoms. The molecular weight excluding hydrogens is 354 g/mol. The van der Waals surface area contributed by atoms with Gasteiger partial charge in [-0.1, -0.05) is 13.8 Å². The van der Waals surface area contributed by atoms with Crippen molar-refractivity contribution in [3.8, 4) is 0 Å². The maximum absolute atomic E-state index is 13.0. The van der Waals surface area contributed by atoms with E-state index in [1.165, 1.54) is 0 Å². The van der Waals surface area contributed by atoms with Gasteiger partial charge in [-0.15, -0.1) is 12.4 Å². The quantitative estimate of drug-likeness (QED) is 0.671. The van der Waals surface area contributed by atoms with Gasteiger partial charge in [0.2, 0.25) is 5.91 Å². The van der Waals surface area contributed by atoms with Crippen molar-refractivity contribution < 1.29 is 9.59 Å². The third kappa shape index (κ3) is 6.59. The molecule has 152 valence electrons. The molecule has 2 heterocycles. The smallest absolute Gasteiger partial charge is 0.315 e. The van der Waals surface area contributed by atoms with Crippen LogP contribution in [0.15, 0.2) is 0 Å². The van der Waals surface area contributed by atoms with Crippen LogP contribution in [0.5, 0.6) is 0 Å². The molecule has 0 aromatic rings. The zero-order valence-electron chi connectivity index (χ0n) is 16.8. The number of nitrogens with zero attached hydrogens (tertiary/aromatic N) is 2. The highest BCUT2D eigenvalue weighted by Gasteiger charge is 2.35. The van der Waals surface area contributed by atoms with Gasteiger partial charge in [-0.05, 0) is 33.1 Å². The van der Waals surface area contributed by atoms with Gasteiger partial charge in [-0.2, -0.15) is 0 Å². The summed E-state index contributed by atoms with van der Waals surface area (Å²) in [7, 11) is 0.